The van der Waals surface area contributed by atoms with E-state index in [4.69, 9.17) is 18.6 Å². The van der Waals surface area contributed by atoms with E-state index in [2.05, 4.69) is 4.98 Å². The second-order valence-electron chi connectivity index (χ2n) is 6.72. The summed E-state index contributed by atoms with van der Waals surface area (Å²) in [7, 11) is 1.66. The van der Waals surface area contributed by atoms with Crippen molar-refractivity contribution in [2.24, 2.45) is 0 Å². The normalized spacial score (nSPS) is 12.9. The van der Waals surface area contributed by atoms with Gasteiger partial charge in [0.05, 0.1) is 5.60 Å². The number of rotatable bonds is 7. The Morgan fingerprint density at radius 1 is 1.35 bits per heavy atom. The zero-order valence-electron chi connectivity index (χ0n) is 15.0. The number of oxazole rings is 1. The van der Waals surface area contributed by atoms with E-state index in [0.717, 1.165) is 0 Å². The van der Waals surface area contributed by atoms with Crippen molar-refractivity contribution in [2.75, 3.05) is 20.4 Å². The molecule has 0 saturated carbocycles. The largest absolute Gasteiger partial charge is 0.484 e. The molecule has 1 N–H and O–H groups in total. The van der Waals surface area contributed by atoms with E-state index in [-0.39, 0.29) is 25.0 Å². The summed E-state index contributed by atoms with van der Waals surface area (Å²) in [4.78, 5) is 18.0. The van der Waals surface area contributed by atoms with Crippen molar-refractivity contribution >= 4 is 5.91 Å². The van der Waals surface area contributed by atoms with Gasteiger partial charge in [-0.1, -0.05) is 0 Å². The zero-order chi connectivity index (χ0) is 18.7. The second-order valence-corrected chi connectivity index (χ2v) is 6.72. The van der Waals surface area contributed by atoms with E-state index < -0.39 is 5.60 Å². The maximum absolute atomic E-state index is 12.3. The number of carbonyl (C=O) groups excluding carboxylic acids is 1. The van der Waals surface area contributed by atoms with Crippen LogP contribution in [0.1, 0.15) is 36.6 Å². The van der Waals surface area contributed by atoms with E-state index in [0.29, 0.717) is 36.1 Å². The minimum atomic E-state index is -0.831. The van der Waals surface area contributed by atoms with E-state index in [1.165, 1.54) is 11.2 Å². The molecule has 0 radical (unpaired) electrons. The van der Waals surface area contributed by atoms with Gasteiger partial charge in [-0.25, -0.2) is 4.98 Å². The fourth-order valence-corrected chi connectivity index (χ4v) is 2.33. The van der Waals surface area contributed by atoms with E-state index in [9.17, 15) is 9.90 Å². The van der Waals surface area contributed by atoms with Gasteiger partial charge in [0.15, 0.2) is 23.8 Å². The molecule has 0 spiro atoms. The van der Waals surface area contributed by atoms with Crippen LogP contribution < -0.4 is 14.2 Å². The Morgan fingerprint density at radius 3 is 2.88 bits per heavy atom. The lowest BCUT2D eigenvalue weighted by molar-refractivity contribution is 0.0542. The number of fused-ring (bicyclic) bond motifs is 1. The Balaban J connectivity index is 1.55. The molecule has 8 heteroatoms. The number of ether oxygens (including phenoxy) is 3. The first-order valence-electron chi connectivity index (χ1n) is 8.26. The Labute approximate surface area is 151 Å². The molecule has 3 rings (SSSR count). The third-order valence-corrected chi connectivity index (χ3v) is 3.88. The summed E-state index contributed by atoms with van der Waals surface area (Å²) in [6.45, 7) is 4.10. The first kappa shape index (κ1) is 18.1. The summed E-state index contributed by atoms with van der Waals surface area (Å²) in [6, 6.07) is 5.24. The summed E-state index contributed by atoms with van der Waals surface area (Å²) < 4.78 is 21.5. The van der Waals surface area contributed by atoms with Crippen molar-refractivity contribution in [3.8, 4) is 17.2 Å². The quantitative estimate of drug-likeness (QED) is 0.807. The lowest BCUT2D eigenvalue weighted by Gasteiger charge is -2.22. The van der Waals surface area contributed by atoms with Gasteiger partial charge >= 0.3 is 0 Å². The number of nitrogens with zero attached hydrogens (tertiary/aromatic N) is 2. The van der Waals surface area contributed by atoms with Crippen LogP contribution in [0, 0.1) is 0 Å². The van der Waals surface area contributed by atoms with Crippen molar-refractivity contribution in [1.29, 1.82) is 0 Å². The van der Waals surface area contributed by atoms with Crippen LogP contribution >= 0.6 is 0 Å². The standard InChI is InChI=1S/C18H22N2O6/c1-18(2,22)6-7-20(3)17(21)13-9-24-16(19-13)10-23-12-4-5-14-15(8-12)26-11-25-14/h4-5,8-9,22H,6-7,10-11H2,1-3H3. The van der Waals surface area contributed by atoms with Gasteiger partial charge in [0.25, 0.3) is 5.91 Å². The van der Waals surface area contributed by atoms with Gasteiger partial charge in [0, 0.05) is 19.7 Å². The van der Waals surface area contributed by atoms with Crippen LogP contribution in [-0.4, -0.2) is 46.9 Å². The molecule has 0 unspecified atom stereocenters. The zero-order valence-corrected chi connectivity index (χ0v) is 15.0. The lowest BCUT2D eigenvalue weighted by Crippen LogP contribution is -2.32. The molecular weight excluding hydrogens is 340 g/mol. The number of hydrogen-bond acceptors (Lipinski definition) is 7. The molecule has 1 aliphatic rings. The van der Waals surface area contributed by atoms with Crippen LogP contribution in [0.25, 0.3) is 0 Å². The van der Waals surface area contributed by atoms with Crippen molar-refractivity contribution in [2.45, 2.75) is 32.5 Å². The molecule has 26 heavy (non-hydrogen) atoms. The SMILES string of the molecule is CN(CCC(C)(C)O)C(=O)c1coc(COc2ccc3c(c2)OCO3)n1. The molecule has 2 heterocycles. The summed E-state index contributed by atoms with van der Waals surface area (Å²) in [5.74, 6) is 1.91. The number of carbonyl (C=O) groups is 1. The minimum absolute atomic E-state index is 0.0836. The summed E-state index contributed by atoms with van der Waals surface area (Å²) >= 11 is 0. The number of benzene rings is 1. The average Bonchev–Trinajstić information content (AvgIpc) is 3.25. The maximum atomic E-state index is 12.3. The van der Waals surface area contributed by atoms with Crippen LogP contribution in [0.3, 0.4) is 0 Å². The third-order valence-electron chi connectivity index (χ3n) is 3.88. The second kappa shape index (κ2) is 7.25. The Bertz CT molecular complexity index is 780. The van der Waals surface area contributed by atoms with Gasteiger partial charge in [0.1, 0.15) is 12.0 Å². The van der Waals surface area contributed by atoms with Crippen molar-refractivity contribution in [3.05, 3.63) is 36.0 Å². The third kappa shape index (κ3) is 4.45. The molecule has 0 fully saturated rings. The molecule has 0 bridgehead atoms. The molecule has 0 saturated heterocycles. The van der Waals surface area contributed by atoms with Gasteiger partial charge in [-0.05, 0) is 32.4 Å². The predicted octanol–water partition coefficient (Wildman–Crippen LogP) is 2.22. The van der Waals surface area contributed by atoms with Gasteiger partial charge < -0.3 is 28.6 Å². The van der Waals surface area contributed by atoms with Crippen LogP contribution in [0.5, 0.6) is 17.2 Å². The molecule has 8 nitrogen and oxygen atoms in total. The van der Waals surface area contributed by atoms with E-state index in [1.807, 2.05) is 0 Å². The number of aliphatic hydroxyl groups is 1. The summed E-state index contributed by atoms with van der Waals surface area (Å²) in [6.07, 6.45) is 1.77. The van der Waals surface area contributed by atoms with Crippen molar-refractivity contribution in [3.63, 3.8) is 0 Å². The molecule has 0 aliphatic carbocycles. The summed E-state index contributed by atoms with van der Waals surface area (Å²) in [5, 5.41) is 9.75. The van der Waals surface area contributed by atoms with E-state index >= 15 is 0 Å². The fraction of sp³-hybridized carbons (Fsp3) is 0.444. The van der Waals surface area contributed by atoms with E-state index in [1.54, 1.807) is 39.1 Å². The Hall–Kier alpha value is -2.74. The van der Waals surface area contributed by atoms with Crippen LogP contribution in [0.4, 0.5) is 0 Å². The van der Waals surface area contributed by atoms with Gasteiger partial charge in [0.2, 0.25) is 12.7 Å². The smallest absolute Gasteiger partial charge is 0.275 e. The average molecular weight is 362 g/mol. The molecule has 1 amide bonds. The monoisotopic (exact) mass is 362 g/mol. The molecule has 1 aliphatic heterocycles. The number of hydrogen-bond donors (Lipinski definition) is 1. The van der Waals surface area contributed by atoms with Gasteiger partial charge in [-0.3, -0.25) is 4.79 Å². The molecular formula is C18H22N2O6. The van der Waals surface area contributed by atoms with Gasteiger partial charge in [-0.2, -0.15) is 0 Å². The molecule has 140 valence electrons. The number of aromatic nitrogens is 1. The number of amides is 1. The van der Waals surface area contributed by atoms with Gasteiger partial charge in [-0.15, -0.1) is 0 Å². The molecule has 0 atom stereocenters. The Kier molecular flexibility index (Phi) is 5.03. The highest BCUT2D eigenvalue weighted by Crippen LogP contribution is 2.35. The predicted molar refractivity (Wildman–Crippen MR) is 91.3 cm³/mol. The van der Waals surface area contributed by atoms with Crippen LogP contribution in [0.15, 0.2) is 28.9 Å². The highest BCUT2D eigenvalue weighted by molar-refractivity contribution is 5.91. The van der Waals surface area contributed by atoms with Crippen LogP contribution in [0.2, 0.25) is 0 Å². The topological polar surface area (TPSA) is 94.3 Å². The molecule has 1 aromatic heterocycles. The molecule has 1 aromatic carbocycles. The minimum Gasteiger partial charge on any atom is -0.484 e. The highest BCUT2D eigenvalue weighted by atomic mass is 16.7. The first-order valence-corrected chi connectivity index (χ1v) is 8.26. The first-order chi connectivity index (χ1) is 12.3. The molecule has 2 aromatic rings. The summed E-state index contributed by atoms with van der Waals surface area (Å²) in [5.41, 5.74) is -0.630. The highest BCUT2D eigenvalue weighted by Gasteiger charge is 2.20. The van der Waals surface area contributed by atoms with Crippen LogP contribution in [-0.2, 0) is 6.61 Å². The lowest BCUT2D eigenvalue weighted by atomic mass is 10.1. The fourth-order valence-electron chi connectivity index (χ4n) is 2.33. The van der Waals surface area contributed by atoms with Crippen molar-refractivity contribution < 1.29 is 28.5 Å². The Morgan fingerprint density at radius 2 is 2.12 bits per heavy atom. The maximum Gasteiger partial charge on any atom is 0.275 e. The van der Waals surface area contributed by atoms with Crippen molar-refractivity contribution in [1.82, 2.24) is 9.88 Å².